The van der Waals surface area contributed by atoms with Gasteiger partial charge in [-0.2, -0.15) is 0 Å². The van der Waals surface area contributed by atoms with Crippen molar-refractivity contribution in [2.75, 3.05) is 11.4 Å². The van der Waals surface area contributed by atoms with Gasteiger partial charge in [0.05, 0.1) is 21.5 Å². The molecule has 31 heavy (non-hydrogen) atoms. The Morgan fingerprint density at radius 3 is 2.58 bits per heavy atom. The molecule has 2 heterocycles. The fraction of sp³-hybridized carbons (Fsp3) is 0.542. The second-order valence-electron chi connectivity index (χ2n) is 9.89. The number of imidazole rings is 1. The fourth-order valence-electron chi connectivity index (χ4n) is 6.79. The van der Waals surface area contributed by atoms with Crippen LogP contribution < -0.4 is 4.90 Å². The predicted octanol–water partition coefficient (Wildman–Crippen LogP) is 5.79. The highest BCUT2D eigenvalue weighted by Crippen LogP contribution is 2.60. The van der Waals surface area contributed by atoms with Crippen molar-refractivity contribution in [3.63, 3.8) is 0 Å². The van der Waals surface area contributed by atoms with Crippen LogP contribution in [0.4, 0.5) is 5.13 Å². The number of amides is 1. The van der Waals surface area contributed by atoms with Crippen LogP contribution in [0.25, 0.3) is 10.2 Å². The highest BCUT2D eigenvalue weighted by molar-refractivity contribution is 7.22. The topological polar surface area (TPSA) is 51.0 Å². The molecular weight excluding hydrogens is 428 g/mol. The number of anilines is 1. The van der Waals surface area contributed by atoms with Crippen molar-refractivity contribution in [3.8, 4) is 0 Å². The molecule has 7 heteroatoms. The van der Waals surface area contributed by atoms with E-state index in [0.717, 1.165) is 65.3 Å². The molecule has 0 atom stereocenters. The Labute approximate surface area is 191 Å². The minimum atomic E-state index is -0.175. The third-order valence-corrected chi connectivity index (χ3v) is 9.03. The van der Waals surface area contributed by atoms with Crippen LogP contribution in [0.3, 0.4) is 0 Å². The predicted molar refractivity (Wildman–Crippen MR) is 124 cm³/mol. The number of fused-ring (bicyclic) bond motifs is 1. The summed E-state index contributed by atoms with van der Waals surface area (Å²) in [5.74, 6) is 2.54. The van der Waals surface area contributed by atoms with Crippen molar-refractivity contribution in [2.45, 2.75) is 51.5 Å². The Bertz CT molecular complexity index is 1070. The number of benzene rings is 1. The van der Waals surface area contributed by atoms with Gasteiger partial charge in [-0.3, -0.25) is 9.69 Å². The van der Waals surface area contributed by atoms with Gasteiger partial charge in [0.1, 0.15) is 5.52 Å². The number of thiazole rings is 1. The van der Waals surface area contributed by atoms with Gasteiger partial charge in [-0.25, -0.2) is 9.97 Å². The van der Waals surface area contributed by atoms with Crippen LogP contribution in [-0.2, 0) is 11.3 Å². The summed E-state index contributed by atoms with van der Waals surface area (Å²) >= 11 is 8.00. The van der Waals surface area contributed by atoms with Gasteiger partial charge < -0.3 is 4.57 Å². The summed E-state index contributed by atoms with van der Waals surface area (Å²) in [7, 11) is 0. The number of halogens is 1. The highest BCUT2D eigenvalue weighted by Gasteiger charge is 2.55. The Morgan fingerprint density at radius 2 is 1.94 bits per heavy atom. The van der Waals surface area contributed by atoms with E-state index in [1.807, 2.05) is 35.6 Å². The van der Waals surface area contributed by atoms with Gasteiger partial charge in [-0.05, 0) is 74.8 Å². The molecule has 4 aliphatic rings. The van der Waals surface area contributed by atoms with Crippen molar-refractivity contribution in [1.29, 1.82) is 0 Å². The molecule has 4 aliphatic carbocycles. The first kappa shape index (κ1) is 19.7. The number of carbonyl (C=O) groups excluding carboxylic acids is 1. The van der Waals surface area contributed by atoms with Gasteiger partial charge in [0.2, 0.25) is 5.91 Å². The number of nitrogens with zero attached hydrogens (tertiary/aromatic N) is 4. The summed E-state index contributed by atoms with van der Waals surface area (Å²) in [6.07, 6.45) is 13.7. The van der Waals surface area contributed by atoms with Crippen molar-refractivity contribution >= 4 is 44.2 Å². The maximum atomic E-state index is 14.2. The lowest BCUT2D eigenvalue weighted by Crippen LogP contribution is -2.55. The Morgan fingerprint density at radius 1 is 1.19 bits per heavy atom. The molecule has 4 fully saturated rings. The number of aromatic nitrogens is 3. The molecule has 0 aliphatic heterocycles. The number of aryl methyl sites for hydroxylation is 1. The van der Waals surface area contributed by atoms with Crippen LogP contribution in [0.1, 0.15) is 44.9 Å². The molecule has 5 nitrogen and oxygen atoms in total. The SMILES string of the molecule is O=C(N(CCCn1ccnc1)c1nc2c(Cl)cccc2s1)C12CC3CC(CC(C3)C1)C2. The minimum Gasteiger partial charge on any atom is -0.337 e. The fourth-order valence-corrected chi connectivity index (χ4v) is 8.08. The lowest BCUT2D eigenvalue weighted by Gasteiger charge is -2.56. The third kappa shape index (κ3) is 3.48. The van der Waals surface area contributed by atoms with E-state index in [-0.39, 0.29) is 5.41 Å². The molecule has 0 N–H and O–H groups in total. The van der Waals surface area contributed by atoms with Gasteiger partial charge >= 0.3 is 0 Å². The van der Waals surface area contributed by atoms with Gasteiger partial charge in [0.15, 0.2) is 5.13 Å². The monoisotopic (exact) mass is 454 g/mol. The van der Waals surface area contributed by atoms with Gasteiger partial charge in [-0.15, -0.1) is 0 Å². The van der Waals surface area contributed by atoms with Crippen molar-refractivity contribution in [3.05, 3.63) is 41.9 Å². The zero-order valence-electron chi connectivity index (χ0n) is 17.5. The second-order valence-corrected chi connectivity index (χ2v) is 11.3. The second kappa shape index (κ2) is 7.59. The highest BCUT2D eigenvalue weighted by atomic mass is 35.5. The number of carbonyl (C=O) groups is 1. The first-order valence-electron chi connectivity index (χ1n) is 11.4. The van der Waals surface area contributed by atoms with Crippen molar-refractivity contribution < 1.29 is 4.79 Å². The summed E-state index contributed by atoms with van der Waals surface area (Å²) < 4.78 is 3.11. The smallest absolute Gasteiger partial charge is 0.235 e. The summed E-state index contributed by atoms with van der Waals surface area (Å²) in [6.45, 7) is 1.52. The average molecular weight is 455 g/mol. The van der Waals surface area contributed by atoms with Crippen LogP contribution in [0.15, 0.2) is 36.9 Å². The molecule has 0 radical (unpaired) electrons. The number of para-hydroxylation sites is 1. The summed E-state index contributed by atoms with van der Waals surface area (Å²) in [6, 6.07) is 5.87. The zero-order chi connectivity index (χ0) is 21.0. The van der Waals surface area contributed by atoms with Gasteiger partial charge in [-0.1, -0.05) is 29.0 Å². The van der Waals surface area contributed by atoms with E-state index in [2.05, 4.69) is 9.55 Å². The van der Waals surface area contributed by atoms with E-state index in [4.69, 9.17) is 16.6 Å². The van der Waals surface area contributed by atoms with E-state index in [1.54, 1.807) is 17.5 Å². The number of hydrogen-bond donors (Lipinski definition) is 0. The molecule has 7 rings (SSSR count). The molecule has 1 amide bonds. The van der Waals surface area contributed by atoms with Crippen LogP contribution in [0.5, 0.6) is 0 Å². The lowest BCUT2D eigenvalue weighted by molar-refractivity contribution is -0.143. The Kier molecular flexibility index (Phi) is 4.83. The number of hydrogen-bond acceptors (Lipinski definition) is 4. The van der Waals surface area contributed by atoms with E-state index >= 15 is 0 Å². The van der Waals surface area contributed by atoms with Crippen LogP contribution in [0.2, 0.25) is 5.02 Å². The van der Waals surface area contributed by atoms with E-state index in [9.17, 15) is 4.79 Å². The van der Waals surface area contributed by atoms with E-state index in [1.165, 1.54) is 19.3 Å². The first-order chi connectivity index (χ1) is 15.1. The molecule has 0 unspecified atom stereocenters. The molecular formula is C24H27ClN4OS. The quantitative estimate of drug-likeness (QED) is 0.474. The molecule has 162 valence electrons. The average Bonchev–Trinajstić information content (AvgIpc) is 3.40. The van der Waals surface area contributed by atoms with Crippen molar-refractivity contribution in [1.82, 2.24) is 14.5 Å². The molecule has 2 aromatic heterocycles. The maximum absolute atomic E-state index is 14.2. The van der Waals surface area contributed by atoms with Gasteiger partial charge in [0, 0.05) is 25.5 Å². The lowest BCUT2D eigenvalue weighted by atomic mass is 9.49. The largest absolute Gasteiger partial charge is 0.337 e. The first-order valence-corrected chi connectivity index (χ1v) is 12.6. The van der Waals surface area contributed by atoms with Crippen LogP contribution >= 0.6 is 22.9 Å². The van der Waals surface area contributed by atoms with Gasteiger partial charge in [0.25, 0.3) is 0 Å². The molecule has 0 spiro atoms. The molecule has 1 aromatic carbocycles. The molecule has 3 aromatic rings. The maximum Gasteiger partial charge on any atom is 0.235 e. The van der Waals surface area contributed by atoms with Crippen LogP contribution in [0, 0.1) is 23.2 Å². The standard InChI is InChI=1S/C24H27ClN4OS/c25-19-3-1-4-20-21(19)27-23(31-20)29(7-2-6-28-8-5-26-15-28)22(30)24-12-16-9-17(13-24)11-18(10-16)14-24/h1,3-5,8,15-18H,2,6-7,9-14H2. The third-order valence-electron chi connectivity index (χ3n) is 7.68. The molecule has 4 saturated carbocycles. The van der Waals surface area contributed by atoms with Crippen molar-refractivity contribution in [2.24, 2.45) is 23.2 Å². The summed E-state index contributed by atoms with van der Waals surface area (Å²) in [5, 5.41) is 1.45. The van der Waals surface area contributed by atoms with E-state index in [0.29, 0.717) is 17.5 Å². The Hall–Kier alpha value is -1.92. The minimum absolute atomic E-state index is 0.175. The molecule has 0 saturated heterocycles. The summed E-state index contributed by atoms with van der Waals surface area (Å²) in [5.41, 5.74) is 0.632. The normalized spacial score (nSPS) is 29.0. The van der Waals surface area contributed by atoms with Crippen LogP contribution in [-0.4, -0.2) is 27.0 Å². The zero-order valence-corrected chi connectivity index (χ0v) is 19.1. The Balaban J connectivity index is 1.32. The summed E-state index contributed by atoms with van der Waals surface area (Å²) in [4.78, 5) is 25.2. The molecule has 4 bridgehead atoms. The van der Waals surface area contributed by atoms with E-state index < -0.39 is 0 Å². The number of rotatable bonds is 6.